The number of nitrogens with one attached hydrogen (secondary N) is 1. The summed E-state index contributed by atoms with van der Waals surface area (Å²) in [5, 5.41) is 21.4. The Morgan fingerprint density at radius 3 is 3.00 bits per heavy atom. The van der Waals surface area contributed by atoms with Crippen molar-refractivity contribution >= 4 is 11.8 Å². The highest BCUT2D eigenvalue weighted by atomic mass is 32.2. The van der Waals surface area contributed by atoms with Gasteiger partial charge in [-0.3, -0.25) is 0 Å². The predicted molar refractivity (Wildman–Crippen MR) is 51.4 cm³/mol. The first kappa shape index (κ1) is 10.3. The lowest BCUT2D eigenvalue weighted by Gasteiger charge is -2.12. The van der Waals surface area contributed by atoms with Crippen LogP contribution in [0.25, 0.3) is 0 Å². The number of rotatable bonds is 5. The summed E-state index contributed by atoms with van der Waals surface area (Å²) in [6, 6.07) is 0. The van der Waals surface area contributed by atoms with Gasteiger partial charge in [-0.25, -0.2) is 0 Å². The molecule has 3 nitrogen and oxygen atoms in total. The summed E-state index contributed by atoms with van der Waals surface area (Å²) in [6.07, 6.45) is 2.00. The van der Waals surface area contributed by atoms with Gasteiger partial charge in [0.1, 0.15) is 0 Å². The van der Waals surface area contributed by atoms with Gasteiger partial charge >= 0.3 is 0 Å². The Balaban J connectivity index is 1.94. The fourth-order valence-corrected chi connectivity index (χ4v) is 2.52. The van der Waals surface area contributed by atoms with Crippen LogP contribution in [0.5, 0.6) is 0 Å². The summed E-state index contributed by atoms with van der Waals surface area (Å²) in [7, 11) is 0. The minimum Gasteiger partial charge on any atom is -0.394 e. The van der Waals surface area contributed by atoms with Crippen LogP contribution in [-0.2, 0) is 0 Å². The van der Waals surface area contributed by atoms with E-state index in [0.717, 1.165) is 11.8 Å². The normalized spacial score (nSPS) is 26.0. The van der Waals surface area contributed by atoms with Gasteiger partial charge in [0.15, 0.2) is 0 Å². The summed E-state index contributed by atoms with van der Waals surface area (Å²) in [5.41, 5.74) is 0. The number of thioether (sulfide) groups is 1. The van der Waals surface area contributed by atoms with Crippen molar-refractivity contribution in [3.8, 4) is 0 Å². The summed E-state index contributed by atoms with van der Waals surface area (Å²) >= 11 is 1.99. The van der Waals surface area contributed by atoms with Crippen molar-refractivity contribution < 1.29 is 10.2 Å². The quantitative estimate of drug-likeness (QED) is 0.564. The van der Waals surface area contributed by atoms with Gasteiger partial charge in [-0.05, 0) is 18.6 Å². The highest BCUT2D eigenvalue weighted by molar-refractivity contribution is 8.00. The van der Waals surface area contributed by atoms with Crippen molar-refractivity contribution in [3.63, 3.8) is 0 Å². The lowest BCUT2D eigenvalue weighted by atomic mass is 10.2. The molecule has 0 aliphatic carbocycles. The molecule has 1 aliphatic heterocycles. The molecule has 1 saturated heterocycles. The highest BCUT2D eigenvalue weighted by Gasteiger charge is 2.14. The molecule has 0 radical (unpaired) electrons. The first-order chi connectivity index (χ1) is 5.83. The van der Waals surface area contributed by atoms with Crippen molar-refractivity contribution in [2.45, 2.75) is 24.2 Å². The smallest absolute Gasteiger partial charge is 0.0894 e. The van der Waals surface area contributed by atoms with Crippen molar-refractivity contribution in [1.82, 2.24) is 5.32 Å². The second-order valence-corrected chi connectivity index (χ2v) is 4.54. The van der Waals surface area contributed by atoms with Gasteiger partial charge in [0.25, 0.3) is 0 Å². The second kappa shape index (κ2) is 5.80. The van der Waals surface area contributed by atoms with Gasteiger partial charge in [-0.1, -0.05) is 0 Å². The minimum absolute atomic E-state index is 0.148. The Hall–Kier alpha value is 0.230. The molecule has 0 bridgehead atoms. The van der Waals surface area contributed by atoms with E-state index in [1.165, 1.54) is 18.6 Å². The SMILES string of the molecule is OC[C@@H](O)CNCC1CCCS1. The predicted octanol–water partition coefficient (Wildman–Crippen LogP) is -0.175. The summed E-state index contributed by atoms with van der Waals surface area (Å²) in [6.45, 7) is 1.32. The second-order valence-electron chi connectivity index (χ2n) is 3.13. The highest BCUT2D eigenvalue weighted by Crippen LogP contribution is 2.24. The van der Waals surface area contributed by atoms with Gasteiger partial charge in [-0.15, -0.1) is 0 Å². The average Bonchev–Trinajstić information content (AvgIpc) is 2.57. The standard InChI is InChI=1S/C8H17NO2S/c10-6-7(11)4-9-5-8-2-1-3-12-8/h7-11H,1-6H2/t7-,8?/m0/s1. The molecule has 3 N–H and O–H groups in total. The average molecular weight is 191 g/mol. The van der Waals surface area contributed by atoms with E-state index in [9.17, 15) is 0 Å². The number of aliphatic hydroxyl groups is 2. The zero-order valence-corrected chi connectivity index (χ0v) is 8.02. The Morgan fingerprint density at radius 2 is 2.42 bits per heavy atom. The Bertz CT molecular complexity index is 118. The zero-order valence-electron chi connectivity index (χ0n) is 7.20. The van der Waals surface area contributed by atoms with Gasteiger partial charge in [-0.2, -0.15) is 11.8 Å². The number of hydrogen-bond donors (Lipinski definition) is 3. The molecule has 0 spiro atoms. The van der Waals surface area contributed by atoms with Crippen molar-refractivity contribution in [3.05, 3.63) is 0 Å². The fraction of sp³-hybridized carbons (Fsp3) is 1.00. The topological polar surface area (TPSA) is 52.5 Å². The molecule has 1 fully saturated rings. The molecule has 2 atom stereocenters. The molecule has 1 rings (SSSR count). The maximum atomic E-state index is 9.01. The van der Waals surface area contributed by atoms with E-state index in [4.69, 9.17) is 10.2 Å². The zero-order chi connectivity index (χ0) is 8.81. The molecular formula is C8H17NO2S. The van der Waals surface area contributed by atoms with E-state index in [1.807, 2.05) is 11.8 Å². The molecule has 1 heterocycles. The molecule has 4 heteroatoms. The lowest BCUT2D eigenvalue weighted by molar-refractivity contribution is 0.0946. The summed E-state index contributed by atoms with van der Waals surface area (Å²) in [4.78, 5) is 0. The Morgan fingerprint density at radius 1 is 1.58 bits per heavy atom. The van der Waals surface area contributed by atoms with Crippen LogP contribution in [-0.4, -0.2) is 47.0 Å². The fourth-order valence-electron chi connectivity index (χ4n) is 1.28. The third-order valence-electron chi connectivity index (χ3n) is 1.99. The van der Waals surface area contributed by atoms with Crippen molar-refractivity contribution in [2.24, 2.45) is 0 Å². The van der Waals surface area contributed by atoms with Crippen molar-refractivity contribution in [1.29, 1.82) is 0 Å². The molecule has 0 amide bonds. The Labute approximate surface area is 77.5 Å². The molecule has 72 valence electrons. The van der Waals surface area contributed by atoms with E-state index < -0.39 is 6.10 Å². The largest absolute Gasteiger partial charge is 0.394 e. The van der Waals surface area contributed by atoms with E-state index >= 15 is 0 Å². The summed E-state index contributed by atoms with van der Waals surface area (Å²) in [5.74, 6) is 1.27. The van der Waals surface area contributed by atoms with Gasteiger partial charge in [0.2, 0.25) is 0 Å². The van der Waals surface area contributed by atoms with Gasteiger partial charge in [0, 0.05) is 18.3 Å². The molecule has 0 aromatic heterocycles. The van der Waals surface area contributed by atoms with Crippen LogP contribution in [0.1, 0.15) is 12.8 Å². The van der Waals surface area contributed by atoms with Crippen LogP contribution in [0, 0.1) is 0 Å². The number of hydrogen-bond acceptors (Lipinski definition) is 4. The van der Waals surface area contributed by atoms with Gasteiger partial charge < -0.3 is 15.5 Å². The molecule has 1 unspecified atom stereocenters. The molecular weight excluding hydrogens is 174 g/mol. The van der Waals surface area contributed by atoms with Crippen molar-refractivity contribution in [2.75, 3.05) is 25.4 Å². The van der Waals surface area contributed by atoms with Crippen LogP contribution >= 0.6 is 11.8 Å². The molecule has 1 aliphatic rings. The number of aliphatic hydroxyl groups excluding tert-OH is 2. The van der Waals surface area contributed by atoms with E-state index in [0.29, 0.717) is 6.54 Å². The van der Waals surface area contributed by atoms with Crippen LogP contribution in [0.4, 0.5) is 0 Å². The van der Waals surface area contributed by atoms with Gasteiger partial charge in [0.05, 0.1) is 12.7 Å². The maximum Gasteiger partial charge on any atom is 0.0894 e. The monoisotopic (exact) mass is 191 g/mol. The third kappa shape index (κ3) is 3.76. The van der Waals surface area contributed by atoms with Crippen LogP contribution in [0.15, 0.2) is 0 Å². The summed E-state index contributed by atoms with van der Waals surface area (Å²) < 4.78 is 0. The molecule has 0 saturated carbocycles. The maximum absolute atomic E-state index is 9.01. The van der Waals surface area contributed by atoms with E-state index in [-0.39, 0.29) is 6.61 Å². The van der Waals surface area contributed by atoms with E-state index in [2.05, 4.69) is 5.32 Å². The van der Waals surface area contributed by atoms with E-state index in [1.54, 1.807) is 0 Å². The molecule has 0 aromatic carbocycles. The minimum atomic E-state index is -0.601. The first-order valence-corrected chi connectivity index (χ1v) is 5.49. The lowest BCUT2D eigenvalue weighted by Crippen LogP contribution is -2.33. The third-order valence-corrected chi connectivity index (χ3v) is 3.38. The van der Waals surface area contributed by atoms with Crippen LogP contribution in [0.2, 0.25) is 0 Å². The van der Waals surface area contributed by atoms with Crippen LogP contribution < -0.4 is 5.32 Å². The van der Waals surface area contributed by atoms with Crippen LogP contribution in [0.3, 0.4) is 0 Å². The molecule has 12 heavy (non-hydrogen) atoms. The first-order valence-electron chi connectivity index (χ1n) is 4.44. The Kier molecular flexibility index (Phi) is 4.99. The molecule has 0 aromatic rings.